The normalized spacial score (nSPS) is 11.9. The van der Waals surface area contributed by atoms with E-state index in [-0.39, 0.29) is 17.9 Å². The third kappa shape index (κ3) is 3.68. The van der Waals surface area contributed by atoms with Crippen LogP contribution in [0.4, 0.5) is 5.69 Å². The van der Waals surface area contributed by atoms with Gasteiger partial charge in [0.15, 0.2) is 0 Å². The second kappa shape index (κ2) is 7.70. The van der Waals surface area contributed by atoms with Crippen molar-refractivity contribution >= 4 is 39.8 Å². The molecule has 5 nitrogen and oxygen atoms in total. The van der Waals surface area contributed by atoms with Crippen LogP contribution < -0.4 is 10.6 Å². The second-order valence-corrected chi connectivity index (χ2v) is 7.17. The number of rotatable bonds is 5. The van der Waals surface area contributed by atoms with Crippen LogP contribution in [-0.4, -0.2) is 11.8 Å². The Bertz CT molecular complexity index is 1100. The molecule has 0 radical (unpaired) electrons. The number of para-hydroxylation sites is 2. The summed E-state index contributed by atoms with van der Waals surface area (Å²) in [6.45, 7) is 1.86. The van der Waals surface area contributed by atoms with E-state index in [9.17, 15) is 9.59 Å². The Morgan fingerprint density at radius 2 is 1.79 bits per heavy atom. The van der Waals surface area contributed by atoms with Crippen molar-refractivity contribution in [2.24, 2.45) is 0 Å². The van der Waals surface area contributed by atoms with Gasteiger partial charge in [-0.1, -0.05) is 30.3 Å². The number of benzene rings is 2. The number of fused-ring (bicyclic) bond motifs is 1. The molecular weight excluding hydrogens is 372 g/mol. The van der Waals surface area contributed by atoms with Crippen LogP contribution in [0, 0.1) is 0 Å². The number of carbonyl (C=O) groups is 2. The Balaban J connectivity index is 1.52. The Morgan fingerprint density at radius 3 is 2.57 bits per heavy atom. The molecule has 2 N–H and O–H groups in total. The van der Waals surface area contributed by atoms with Crippen molar-refractivity contribution in [2.45, 2.75) is 13.0 Å². The zero-order valence-corrected chi connectivity index (χ0v) is 16.0. The Morgan fingerprint density at radius 1 is 1.00 bits per heavy atom. The summed E-state index contributed by atoms with van der Waals surface area (Å²) in [6, 6.07) is 18.0. The summed E-state index contributed by atoms with van der Waals surface area (Å²) >= 11 is 1.45. The maximum atomic E-state index is 12.8. The molecule has 0 aliphatic heterocycles. The van der Waals surface area contributed by atoms with Crippen LogP contribution in [0.3, 0.4) is 0 Å². The summed E-state index contributed by atoms with van der Waals surface area (Å²) in [5.74, 6) is 0.148. The van der Waals surface area contributed by atoms with Gasteiger partial charge in [-0.3, -0.25) is 9.59 Å². The van der Waals surface area contributed by atoms with Crippen molar-refractivity contribution in [3.8, 4) is 0 Å². The lowest BCUT2D eigenvalue weighted by atomic mass is 10.1. The summed E-state index contributed by atoms with van der Waals surface area (Å²) in [7, 11) is 0. The first-order valence-corrected chi connectivity index (χ1v) is 9.78. The van der Waals surface area contributed by atoms with E-state index in [0.29, 0.717) is 22.6 Å². The number of anilines is 1. The third-order valence-electron chi connectivity index (χ3n) is 4.42. The van der Waals surface area contributed by atoms with Crippen LogP contribution in [0.2, 0.25) is 0 Å². The first-order valence-electron chi connectivity index (χ1n) is 8.84. The molecule has 2 aromatic heterocycles. The van der Waals surface area contributed by atoms with Crippen LogP contribution in [0.5, 0.6) is 0 Å². The monoisotopic (exact) mass is 390 g/mol. The lowest BCUT2D eigenvalue weighted by Crippen LogP contribution is -2.27. The minimum absolute atomic E-state index is 0.244. The molecule has 4 aromatic rings. The smallest absolute Gasteiger partial charge is 0.256 e. The van der Waals surface area contributed by atoms with Crippen molar-refractivity contribution in [3.05, 3.63) is 88.3 Å². The van der Waals surface area contributed by atoms with E-state index in [1.807, 2.05) is 42.6 Å². The summed E-state index contributed by atoms with van der Waals surface area (Å²) in [6.07, 6.45) is 0. The highest BCUT2D eigenvalue weighted by Gasteiger charge is 2.18. The molecule has 2 amide bonds. The van der Waals surface area contributed by atoms with Crippen molar-refractivity contribution in [1.29, 1.82) is 0 Å². The third-order valence-corrected chi connectivity index (χ3v) is 5.11. The van der Waals surface area contributed by atoms with Gasteiger partial charge in [-0.2, -0.15) is 11.3 Å². The van der Waals surface area contributed by atoms with E-state index >= 15 is 0 Å². The average Bonchev–Trinajstić information content (AvgIpc) is 3.38. The fraction of sp³-hybridized carbons (Fsp3) is 0.0909. The largest absolute Gasteiger partial charge is 0.459 e. The molecule has 0 saturated carbocycles. The molecule has 140 valence electrons. The van der Waals surface area contributed by atoms with E-state index in [0.717, 1.165) is 11.0 Å². The average molecular weight is 390 g/mol. The Hall–Kier alpha value is -3.38. The summed E-state index contributed by atoms with van der Waals surface area (Å²) in [5, 5.41) is 10.3. The van der Waals surface area contributed by atoms with Crippen LogP contribution >= 0.6 is 11.3 Å². The van der Waals surface area contributed by atoms with Crippen LogP contribution in [-0.2, 0) is 0 Å². The van der Waals surface area contributed by atoms with E-state index in [2.05, 4.69) is 10.6 Å². The molecule has 0 aliphatic rings. The van der Waals surface area contributed by atoms with Gasteiger partial charge in [0, 0.05) is 10.8 Å². The van der Waals surface area contributed by atoms with Gasteiger partial charge in [0.25, 0.3) is 11.8 Å². The Kier molecular flexibility index (Phi) is 4.95. The van der Waals surface area contributed by atoms with Gasteiger partial charge in [-0.05, 0) is 42.6 Å². The summed E-state index contributed by atoms with van der Waals surface area (Å²) < 4.78 is 5.83. The quantitative estimate of drug-likeness (QED) is 0.490. The SMILES string of the molecule is CC(NC(=O)c1ccccc1NC(=O)c1ccsc1)c1cc2ccccc2o1. The maximum Gasteiger partial charge on any atom is 0.256 e. The number of carbonyl (C=O) groups excluding carboxylic acids is 2. The predicted octanol–water partition coefficient (Wildman–Crippen LogP) is 5.24. The summed E-state index contributed by atoms with van der Waals surface area (Å²) in [5.41, 5.74) is 2.21. The molecule has 2 aromatic carbocycles. The van der Waals surface area contributed by atoms with Gasteiger partial charge in [0.1, 0.15) is 11.3 Å². The molecule has 0 fully saturated rings. The highest BCUT2D eigenvalue weighted by atomic mass is 32.1. The van der Waals surface area contributed by atoms with Gasteiger partial charge >= 0.3 is 0 Å². The summed E-state index contributed by atoms with van der Waals surface area (Å²) in [4.78, 5) is 25.2. The molecule has 0 bridgehead atoms. The van der Waals surface area contributed by atoms with Crippen LogP contribution in [0.25, 0.3) is 11.0 Å². The van der Waals surface area contributed by atoms with E-state index in [4.69, 9.17) is 4.42 Å². The number of nitrogens with one attached hydrogen (secondary N) is 2. The molecule has 2 heterocycles. The lowest BCUT2D eigenvalue weighted by Gasteiger charge is -2.14. The minimum Gasteiger partial charge on any atom is -0.459 e. The lowest BCUT2D eigenvalue weighted by molar-refractivity contribution is 0.0936. The molecule has 0 aliphatic carbocycles. The van der Waals surface area contributed by atoms with Gasteiger partial charge < -0.3 is 15.1 Å². The number of hydrogen-bond donors (Lipinski definition) is 2. The topological polar surface area (TPSA) is 71.3 Å². The predicted molar refractivity (Wildman–Crippen MR) is 111 cm³/mol. The van der Waals surface area contributed by atoms with Crippen molar-refractivity contribution in [1.82, 2.24) is 5.32 Å². The molecule has 0 spiro atoms. The van der Waals surface area contributed by atoms with Gasteiger partial charge in [-0.25, -0.2) is 0 Å². The molecule has 1 unspecified atom stereocenters. The molecule has 6 heteroatoms. The number of hydrogen-bond acceptors (Lipinski definition) is 4. The molecular formula is C22H18N2O3S. The fourth-order valence-corrected chi connectivity index (χ4v) is 3.58. The fourth-order valence-electron chi connectivity index (χ4n) is 2.94. The van der Waals surface area contributed by atoms with Crippen LogP contribution in [0.15, 0.2) is 75.8 Å². The van der Waals surface area contributed by atoms with E-state index in [1.54, 1.807) is 35.7 Å². The van der Waals surface area contributed by atoms with Crippen molar-refractivity contribution < 1.29 is 14.0 Å². The number of furan rings is 1. The number of amides is 2. The highest BCUT2D eigenvalue weighted by Crippen LogP contribution is 2.24. The van der Waals surface area contributed by atoms with Crippen molar-refractivity contribution in [3.63, 3.8) is 0 Å². The first kappa shape index (κ1) is 18.0. The number of thiophene rings is 1. The zero-order chi connectivity index (χ0) is 19.5. The van der Waals surface area contributed by atoms with Gasteiger partial charge in [0.2, 0.25) is 0 Å². The molecule has 4 rings (SSSR count). The Labute approximate surface area is 166 Å². The second-order valence-electron chi connectivity index (χ2n) is 6.39. The first-order chi connectivity index (χ1) is 13.6. The van der Waals surface area contributed by atoms with Gasteiger partial charge in [0.05, 0.1) is 22.9 Å². The standard InChI is InChI=1S/C22H18N2O3S/c1-14(20-12-15-6-2-5-9-19(15)27-20)23-22(26)17-7-3-4-8-18(17)24-21(25)16-10-11-28-13-16/h2-14H,1H3,(H,23,26)(H,24,25). The van der Waals surface area contributed by atoms with E-state index < -0.39 is 0 Å². The van der Waals surface area contributed by atoms with E-state index in [1.165, 1.54) is 11.3 Å². The zero-order valence-electron chi connectivity index (χ0n) is 15.1. The highest BCUT2D eigenvalue weighted by molar-refractivity contribution is 7.08. The maximum absolute atomic E-state index is 12.8. The van der Waals surface area contributed by atoms with Crippen molar-refractivity contribution in [2.75, 3.05) is 5.32 Å². The van der Waals surface area contributed by atoms with Gasteiger partial charge in [-0.15, -0.1) is 0 Å². The molecule has 0 saturated heterocycles. The molecule has 1 atom stereocenters. The minimum atomic E-state index is -0.319. The molecule has 28 heavy (non-hydrogen) atoms. The van der Waals surface area contributed by atoms with Crippen LogP contribution in [0.1, 0.15) is 39.4 Å².